The fourth-order valence-corrected chi connectivity index (χ4v) is 5.69. The van der Waals surface area contributed by atoms with Gasteiger partial charge in [0.1, 0.15) is 5.82 Å². The monoisotopic (exact) mass is 414 g/mol. The molecule has 0 unspecified atom stereocenters. The predicted molar refractivity (Wildman–Crippen MR) is 121 cm³/mol. The lowest BCUT2D eigenvalue weighted by atomic mass is 9.74. The first kappa shape index (κ1) is 19.0. The van der Waals surface area contributed by atoms with Gasteiger partial charge in [-0.3, -0.25) is 0 Å². The van der Waals surface area contributed by atoms with Crippen LogP contribution in [0.2, 0.25) is 0 Å². The maximum Gasteiger partial charge on any atom is 0.131 e. The molecule has 158 valence electrons. The molecule has 2 aliphatic rings. The van der Waals surface area contributed by atoms with Gasteiger partial charge in [0, 0.05) is 5.39 Å². The number of aliphatic hydroxyl groups is 1. The molecule has 6 rings (SSSR count). The van der Waals surface area contributed by atoms with E-state index >= 15 is 0 Å². The van der Waals surface area contributed by atoms with Crippen LogP contribution in [0.15, 0.2) is 61.1 Å². The number of rotatable bonds is 4. The maximum absolute atomic E-state index is 14.3. The standard InChI is InChI=1S/C27H27FN2O/c28-25-14-13-21(23-3-1-2-4-24(23)25)17-7-9-19(10-8-17)27(31)26-22(18-5-6-18)12-11-20-15-29-16-30(20)26/h1-4,11-19,27,31H,5-10H2/t17-,19-,27-/m1/s1. The highest BCUT2D eigenvalue weighted by Gasteiger charge is 2.34. The van der Waals surface area contributed by atoms with Crippen molar-refractivity contribution in [1.29, 1.82) is 0 Å². The Morgan fingerprint density at radius 1 is 0.839 bits per heavy atom. The zero-order chi connectivity index (χ0) is 20.9. The van der Waals surface area contributed by atoms with E-state index in [0.29, 0.717) is 17.2 Å². The van der Waals surface area contributed by atoms with Crippen LogP contribution >= 0.6 is 0 Å². The summed E-state index contributed by atoms with van der Waals surface area (Å²) in [5.74, 6) is 1.09. The maximum atomic E-state index is 14.3. The third-order valence-corrected chi connectivity index (χ3v) is 7.52. The molecule has 3 nitrogen and oxygen atoms in total. The van der Waals surface area contributed by atoms with E-state index in [9.17, 15) is 9.50 Å². The van der Waals surface area contributed by atoms with Crippen molar-refractivity contribution in [2.24, 2.45) is 5.92 Å². The van der Waals surface area contributed by atoms with E-state index in [2.05, 4.69) is 21.5 Å². The average Bonchev–Trinajstić information content (AvgIpc) is 3.55. The normalized spacial score (nSPS) is 22.8. The van der Waals surface area contributed by atoms with Crippen molar-refractivity contribution in [2.45, 2.75) is 56.5 Å². The Kier molecular flexibility index (Phi) is 4.57. The highest BCUT2D eigenvalue weighted by molar-refractivity contribution is 5.86. The molecule has 2 fully saturated rings. The summed E-state index contributed by atoms with van der Waals surface area (Å²) >= 11 is 0. The van der Waals surface area contributed by atoms with E-state index in [1.165, 1.54) is 24.0 Å². The number of nitrogens with zero attached hydrogens (tertiary/aromatic N) is 2. The Labute approximate surface area is 181 Å². The predicted octanol–water partition coefficient (Wildman–Crippen LogP) is 6.51. The molecule has 2 heterocycles. The van der Waals surface area contributed by atoms with Gasteiger partial charge < -0.3 is 9.51 Å². The Bertz CT molecular complexity index is 1250. The van der Waals surface area contributed by atoms with Crippen LogP contribution in [0.1, 0.15) is 73.3 Å². The number of aliphatic hydroxyl groups excluding tert-OH is 1. The number of benzene rings is 2. The first-order chi connectivity index (χ1) is 15.2. The Hall–Kier alpha value is -2.72. The van der Waals surface area contributed by atoms with Gasteiger partial charge in [-0.05, 0) is 84.9 Å². The van der Waals surface area contributed by atoms with E-state index in [-0.39, 0.29) is 11.7 Å². The van der Waals surface area contributed by atoms with Crippen molar-refractivity contribution >= 4 is 16.3 Å². The van der Waals surface area contributed by atoms with E-state index < -0.39 is 6.10 Å². The average molecular weight is 415 g/mol. The van der Waals surface area contributed by atoms with Gasteiger partial charge in [-0.1, -0.05) is 36.4 Å². The molecule has 0 bridgehead atoms. The number of halogens is 1. The summed E-state index contributed by atoms with van der Waals surface area (Å²) in [5, 5.41) is 13.2. The molecule has 0 aliphatic heterocycles. The number of aromatic nitrogens is 2. The number of pyridine rings is 1. The van der Waals surface area contributed by atoms with E-state index in [4.69, 9.17) is 0 Å². The van der Waals surface area contributed by atoms with Gasteiger partial charge in [-0.2, -0.15) is 0 Å². The second-order valence-corrected chi connectivity index (χ2v) is 9.38. The quantitative estimate of drug-likeness (QED) is 0.413. The van der Waals surface area contributed by atoms with Crippen molar-refractivity contribution in [3.05, 3.63) is 83.7 Å². The first-order valence-corrected chi connectivity index (χ1v) is 11.5. The zero-order valence-corrected chi connectivity index (χ0v) is 17.5. The third-order valence-electron chi connectivity index (χ3n) is 7.52. The third kappa shape index (κ3) is 3.25. The van der Waals surface area contributed by atoms with Crippen LogP contribution in [0.3, 0.4) is 0 Å². The summed E-state index contributed by atoms with van der Waals surface area (Å²) in [6.07, 6.45) is 9.67. The molecule has 0 saturated heterocycles. The number of imidazole rings is 1. The van der Waals surface area contributed by atoms with Gasteiger partial charge in [-0.25, -0.2) is 9.37 Å². The Morgan fingerprint density at radius 3 is 2.29 bits per heavy atom. The zero-order valence-electron chi connectivity index (χ0n) is 17.5. The van der Waals surface area contributed by atoms with Crippen molar-refractivity contribution in [2.75, 3.05) is 0 Å². The van der Waals surface area contributed by atoms with Gasteiger partial charge >= 0.3 is 0 Å². The molecule has 1 N–H and O–H groups in total. The smallest absolute Gasteiger partial charge is 0.131 e. The van der Waals surface area contributed by atoms with Crippen LogP contribution in [0.4, 0.5) is 4.39 Å². The summed E-state index contributed by atoms with van der Waals surface area (Å²) in [5.41, 5.74) is 4.64. The molecule has 4 aromatic rings. The van der Waals surface area contributed by atoms with Crippen molar-refractivity contribution in [1.82, 2.24) is 9.38 Å². The van der Waals surface area contributed by atoms with Gasteiger partial charge in [-0.15, -0.1) is 0 Å². The van der Waals surface area contributed by atoms with Gasteiger partial charge in [0.2, 0.25) is 0 Å². The molecule has 2 aromatic carbocycles. The lowest BCUT2D eigenvalue weighted by molar-refractivity contribution is 0.0755. The van der Waals surface area contributed by atoms with E-state index in [1.54, 1.807) is 6.07 Å². The minimum atomic E-state index is -0.473. The number of hydrogen-bond donors (Lipinski definition) is 1. The summed E-state index contributed by atoms with van der Waals surface area (Å²) in [7, 11) is 0. The van der Waals surface area contributed by atoms with Crippen LogP contribution in [0.5, 0.6) is 0 Å². The topological polar surface area (TPSA) is 37.5 Å². The molecule has 0 radical (unpaired) electrons. The minimum Gasteiger partial charge on any atom is -0.387 e. The summed E-state index contributed by atoms with van der Waals surface area (Å²) < 4.78 is 16.4. The second-order valence-electron chi connectivity index (χ2n) is 9.38. The fourth-order valence-electron chi connectivity index (χ4n) is 5.69. The van der Waals surface area contributed by atoms with Crippen LogP contribution in [-0.2, 0) is 0 Å². The minimum absolute atomic E-state index is 0.149. The molecular formula is C27H27FN2O. The molecule has 0 spiro atoms. The molecule has 2 aromatic heterocycles. The SMILES string of the molecule is O[C@@H](c1c(C2CC2)ccc2cncn12)[C@H]1CC[C@H](c2ccc(F)c3ccccc32)CC1. The highest BCUT2D eigenvalue weighted by Crippen LogP contribution is 2.47. The second kappa shape index (κ2) is 7.45. The molecular weight excluding hydrogens is 387 g/mol. The van der Waals surface area contributed by atoms with Crippen molar-refractivity contribution < 1.29 is 9.50 Å². The van der Waals surface area contributed by atoms with Gasteiger partial charge in [0.25, 0.3) is 0 Å². The van der Waals surface area contributed by atoms with E-state index in [1.807, 2.05) is 42.9 Å². The Morgan fingerprint density at radius 2 is 1.52 bits per heavy atom. The van der Waals surface area contributed by atoms with Crippen LogP contribution in [-0.4, -0.2) is 14.5 Å². The fraction of sp³-hybridized carbons (Fsp3) is 0.370. The molecule has 1 atom stereocenters. The molecule has 31 heavy (non-hydrogen) atoms. The van der Waals surface area contributed by atoms with Crippen LogP contribution in [0.25, 0.3) is 16.3 Å². The summed E-state index contributed by atoms with van der Waals surface area (Å²) in [6.45, 7) is 0. The van der Waals surface area contributed by atoms with Gasteiger partial charge in [0.15, 0.2) is 0 Å². The summed E-state index contributed by atoms with van der Waals surface area (Å²) in [6, 6.07) is 15.7. The summed E-state index contributed by atoms with van der Waals surface area (Å²) in [4.78, 5) is 4.32. The van der Waals surface area contributed by atoms with Crippen molar-refractivity contribution in [3.63, 3.8) is 0 Å². The highest BCUT2D eigenvalue weighted by atomic mass is 19.1. The lowest BCUT2D eigenvalue weighted by Crippen LogP contribution is -2.22. The molecule has 2 aliphatic carbocycles. The van der Waals surface area contributed by atoms with Crippen LogP contribution < -0.4 is 0 Å². The molecule has 4 heteroatoms. The van der Waals surface area contributed by atoms with Crippen LogP contribution in [0, 0.1) is 11.7 Å². The Balaban J connectivity index is 1.27. The lowest BCUT2D eigenvalue weighted by Gasteiger charge is -2.33. The number of fused-ring (bicyclic) bond motifs is 2. The molecule has 0 amide bonds. The van der Waals surface area contributed by atoms with E-state index in [0.717, 1.165) is 42.3 Å². The largest absolute Gasteiger partial charge is 0.387 e. The van der Waals surface area contributed by atoms with Gasteiger partial charge in [0.05, 0.1) is 29.8 Å². The van der Waals surface area contributed by atoms with Crippen molar-refractivity contribution in [3.8, 4) is 0 Å². The molecule has 2 saturated carbocycles. The first-order valence-electron chi connectivity index (χ1n) is 11.5. The number of hydrogen-bond acceptors (Lipinski definition) is 2.